The number of carbonyl (C=O) groups excluding carboxylic acids is 1. The Balaban J connectivity index is 2.61. The SMILES string of the molecule is CC(C)CNC(=O)c1cccc([As])c1. The molecule has 14 heavy (non-hydrogen) atoms. The fourth-order valence-electron chi connectivity index (χ4n) is 1.05. The van der Waals surface area contributed by atoms with Crippen molar-refractivity contribution in [3.05, 3.63) is 29.8 Å². The van der Waals surface area contributed by atoms with Crippen LogP contribution in [0.3, 0.4) is 0 Å². The van der Waals surface area contributed by atoms with E-state index in [1.165, 1.54) is 0 Å². The normalized spacial score (nSPS) is 10.3. The van der Waals surface area contributed by atoms with Gasteiger partial charge in [0.15, 0.2) is 0 Å². The molecule has 0 aromatic heterocycles. The molecule has 74 valence electrons. The summed E-state index contributed by atoms with van der Waals surface area (Å²) in [6, 6.07) is 7.54. The average Bonchev–Trinajstić information content (AvgIpc) is 2.14. The maximum absolute atomic E-state index is 11.6. The van der Waals surface area contributed by atoms with Gasteiger partial charge in [-0.1, -0.05) is 0 Å². The Morgan fingerprint density at radius 3 is 2.79 bits per heavy atom. The molecule has 2 nitrogen and oxygen atoms in total. The molecular formula is C11H14AsNO. The van der Waals surface area contributed by atoms with Crippen LogP contribution < -0.4 is 9.67 Å². The van der Waals surface area contributed by atoms with Crippen LogP contribution in [0.2, 0.25) is 0 Å². The Hall–Kier alpha value is -0.752. The van der Waals surface area contributed by atoms with Gasteiger partial charge in [0.05, 0.1) is 0 Å². The molecule has 1 rings (SSSR count). The van der Waals surface area contributed by atoms with E-state index in [0.717, 1.165) is 16.5 Å². The fourth-order valence-corrected chi connectivity index (χ4v) is 1.52. The summed E-state index contributed by atoms with van der Waals surface area (Å²) in [5.74, 6) is 0.492. The van der Waals surface area contributed by atoms with Crippen molar-refractivity contribution in [2.45, 2.75) is 13.8 Å². The third-order valence-corrected chi connectivity index (χ3v) is 2.36. The molecule has 3 heteroatoms. The zero-order valence-electron chi connectivity index (χ0n) is 8.45. The van der Waals surface area contributed by atoms with Gasteiger partial charge < -0.3 is 0 Å². The van der Waals surface area contributed by atoms with Gasteiger partial charge in [0.1, 0.15) is 0 Å². The summed E-state index contributed by atoms with van der Waals surface area (Å²) in [6.07, 6.45) is 0. The number of hydrogen-bond donors (Lipinski definition) is 1. The van der Waals surface area contributed by atoms with Gasteiger partial charge >= 0.3 is 93.4 Å². The molecule has 0 unspecified atom stereocenters. The topological polar surface area (TPSA) is 29.1 Å². The van der Waals surface area contributed by atoms with Crippen molar-refractivity contribution in [1.29, 1.82) is 0 Å². The van der Waals surface area contributed by atoms with E-state index < -0.39 is 0 Å². The quantitative estimate of drug-likeness (QED) is 0.793. The van der Waals surface area contributed by atoms with Gasteiger partial charge in [-0.05, 0) is 0 Å². The number of nitrogens with one attached hydrogen (secondary N) is 1. The monoisotopic (exact) mass is 251 g/mol. The van der Waals surface area contributed by atoms with Crippen LogP contribution in [-0.2, 0) is 0 Å². The molecule has 0 aliphatic heterocycles. The van der Waals surface area contributed by atoms with E-state index in [-0.39, 0.29) is 5.91 Å². The van der Waals surface area contributed by atoms with Crippen LogP contribution in [0.25, 0.3) is 0 Å². The first-order valence-corrected chi connectivity index (χ1v) is 5.60. The van der Waals surface area contributed by atoms with Gasteiger partial charge in [0.2, 0.25) is 0 Å². The average molecular weight is 251 g/mol. The summed E-state index contributed by atoms with van der Waals surface area (Å²) in [7, 11) is 0. The molecule has 0 spiro atoms. The Morgan fingerprint density at radius 2 is 2.21 bits per heavy atom. The molecular weight excluding hydrogens is 237 g/mol. The van der Waals surface area contributed by atoms with E-state index in [4.69, 9.17) is 0 Å². The second-order valence-corrected chi connectivity index (χ2v) is 4.74. The molecule has 0 saturated heterocycles. The van der Waals surface area contributed by atoms with Gasteiger partial charge in [-0.25, -0.2) is 0 Å². The third-order valence-electron chi connectivity index (χ3n) is 1.78. The van der Waals surface area contributed by atoms with Crippen LogP contribution in [0.1, 0.15) is 24.2 Å². The predicted octanol–water partition coefficient (Wildman–Crippen LogP) is 0.866. The molecule has 0 fully saturated rings. The molecule has 1 amide bonds. The van der Waals surface area contributed by atoms with Crippen LogP contribution in [0.4, 0.5) is 0 Å². The van der Waals surface area contributed by atoms with Crippen LogP contribution in [0, 0.1) is 5.92 Å². The molecule has 0 saturated carbocycles. The second-order valence-electron chi connectivity index (χ2n) is 3.65. The van der Waals surface area contributed by atoms with Crippen molar-refractivity contribution in [2.75, 3.05) is 6.54 Å². The fraction of sp³-hybridized carbons (Fsp3) is 0.364. The first-order chi connectivity index (χ1) is 6.59. The minimum absolute atomic E-state index is 0.00611. The van der Waals surface area contributed by atoms with E-state index in [2.05, 4.69) is 36.0 Å². The van der Waals surface area contributed by atoms with Crippen molar-refractivity contribution < 1.29 is 4.79 Å². The summed E-state index contributed by atoms with van der Waals surface area (Å²) in [4.78, 5) is 11.6. The molecule has 1 aromatic rings. The maximum atomic E-state index is 11.6. The number of hydrogen-bond acceptors (Lipinski definition) is 1. The Morgan fingerprint density at radius 1 is 1.50 bits per heavy atom. The van der Waals surface area contributed by atoms with Crippen LogP contribution in [0.5, 0.6) is 0 Å². The standard InChI is InChI=1S/C11H14AsNO/c1-8(2)7-13-11(14)9-4-3-5-10(12)6-9/h3-6,8H,7H2,1-2H3,(H,13,14). The summed E-state index contributed by atoms with van der Waals surface area (Å²) < 4.78 is 1.05. The zero-order valence-corrected chi connectivity index (χ0v) is 10.3. The summed E-state index contributed by atoms with van der Waals surface area (Å²) in [5.41, 5.74) is 0.726. The van der Waals surface area contributed by atoms with Gasteiger partial charge in [0.25, 0.3) is 0 Å². The van der Waals surface area contributed by atoms with Gasteiger partial charge in [-0.15, -0.1) is 0 Å². The molecule has 2 radical (unpaired) electrons. The minimum atomic E-state index is 0.00611. The summed E-state index contributed by atoms with van der Waals surface area (Å²) in [5, 5.41) is 2.88. The van der Waals surface area contributed by atoms with E-state index in [1.807, 2.05) is 24.3 Å². The van der Waals surface area contributed by atoms with Crippen molar-refractivity contribution in [2.24, 2.45) is 5.92 Å². The predicted molar refractivity (Wildman–Crippen MR) is 59.0 cm³/mol. The number of amides is 1. The molecule has 0 atom stereocenters. The summed E-state index contributed by atoms with van der Waals surface area (Å²) >= 11 is 2.43. The van der Waals surface area contributed by atoms with Crippen molar-refractivity contribution >= 4 is 27.1 Å². The van der Waals surface area contributed by atoms with Gasteiger partial charge in [0, 0.05) is 0 Å². The van der Waals surface area contributed by atoms with E-state index in [1.54, 1.807) is 0 Å². The number of rotatable bonds is 3. The van der Waals surface area contributed by atoms with Crippen molar-refractivity contribution in [1.82, 2.24) is 5.32 Å². The van der Waals surface area contributed by atoms with E-state index in [0.29, 0.717) is 5.92 Å². The Bertz CT molecular complexity index is 323. The molecule has 1 N–H and O–H groups in total. The molecule has 0 bridgehead atoms. The first kappa shape index (κ1) is 11.3. The van der Waals surface area contributed by atoms with E-state index >= 15 is 0 Å². The van der Waals surface area contributed by atoms with Gasteiger partial charge in [-0.3, -0.25) is 0 Å². The van der Waals surface area contributed by atoms with E-state index in [9.17, 15) is 4.79 Å². The molecule has 0 heterocycles. The zero-order chi connectivity index (χ0) is 10.6. The second kappa shape index (κ2) is 5.21. The molecule has 1 aromatic carbocycles. The van der Waals surface area contributed by atoms with Crippen LogP contribution in [0.15, 0.2) is 24.3 Å². The summed E-state index contributed by atoms with van der Waals surface area (Å²) in [6.45, 7) is 4.88. The van der Waals surface area contributed by atoms with Crippen molar-refractivity contribution in [3.8, 4) is 0 Å². The Labute approximate surface area is 93.6 Å². The van der Waals surface area contributed by atoms with Crippen LogP contribution in [-0.4, -0.2) is 29.3 Å². The third kappa shape index (κ3) is 3.55. The molecule has 0 aliphatic rings. The molecule has 0 aliphatic carbocycles. The van der Waals surface area contributed by atoms with Crippen LogP contribution >= 0.6 is 0 Å². The number of carbonyl (C=O) groups is 1. The van der Waals surface area contributed by atoms with Gasteiger partial charge in [-0.2, -0.15) is 0 Å². The first-order valence-electron chi connectivity index (χ1n) is 4.67. The Kier molecular flexibility index (Phi) is 4.21. The van der Waals surface area contributed by atoms with Crippen molar-refractivity contribution in [3.63, 3.8) is 0 Å². The number of benzene rings is 1.